The molecular weight excluding hydrogens is 353 g/mol. The standard InChI is InChI=1S/C19H20FN3O4/c1-12-11-17(22-27-12)21-19(26)15-3-2-10-23(15)18(25)9-8-16(24)13-4-6-14(20)7-5-13/h4-7,11,15H,2-3,8-10H2,1H3,(H,21,22,26)/t15-/m0/s1. The maximum atomic E-state index is 12.9. The van der Waals surface area contributed by atoms with Gasteiger partial charge in [-0.05, 0) is 44.0 Å². The van der Waals surface area contributed by atoms with E-state index in [2.05, 4.69) is 10.5 Å². The predicted molar refractivity (Wildman–Crippen MR) is 94.6 cm³/mol. The van der Waals surface area contributed by atoms with Gasteiger partial charge in [-0.3, -0.25) is 14.4 Å². The van der Waals surface area contributed by atoms with Gasteiger partial charge >= 0.3 is 0 Å². The minimum atomic E-state index is -0.588. The normalized spacial score (nSPS) is 16.4. The zero-order chi connectivity index (χ0) is 19.4. The Labute approximate surface area is 155 Å². The lowest BCUT2D eigenvalue weighted by atomic mass is 10.1. The molecule has 1 fully saturated rings. The van der Waals surface area contributed by atoms with Gasteiger partial charge in [-0.25, -0.2) is 4.39 Å². The van der Waals surface area contributed by atoms with Crippen LogP contribution in [0.25, 0.3) is 0 Å². The summed E-state index contributed by atoms with van der Waals surface area (Å²) in [5.41, 5.74) is 0.362. The summed E-state index contributed by atoms with van der Waals surface area (Å²) in [7, 11) is 0. The van der Waals surface area contributed by atoms with Crippen molar-refractivity contribution in [3.63, 3.8) is 0 Å². The molecule has 0 spiro atoms. The minimum Gasteiger partial charge on any atom is -0.360 e. The number of likely N-dealkylation sites (tertiary alicyclic amines) is 1. The molecule has 0 unspecified atom stereocenters. The number of anilines is 1. The van der Waals surface area contributed by atoms with Gasteiger partial charge in [0.1, 0.15) is 17.6 Å². The zero-order valence-corrected chi connectivity index (χ0v) is 14.9. The van der Waals surface area contributed by atoms with E-state index in [-0.39, 0.29) is 30.4 Å². The number of carbonyl (C=O) groups excluding carboxylic acids is 3. The average Bonchev–Trinajstić information content (AvgIpc) is 3.29. The van der Waals surface area contributed by atoms with Gasteiger partial charge in [-0.2, -0.15) is 0 Å². The third-order valence-corrected chi connectivity index (χ3v) is 4.49. The van der Waals surface area contributed by atoms with Crippen LogP contribution in [0.3, 0.4) is 0 Å². The summed E-state index contributed by atoms with van der Waals surface area (Å²) < 4.78 is 17.8. The van der Waals surface area contributed by atoms with E-state index in [0.717, 1.165) is 0 Å². The fourth-order valence-corrected chi connectivity index (χ4v) is 3.12. The fraction of sp³-hybridized carbons (Fsp3) is 0.368. The number of halogens is 1. The Balaban J connectivity index is 1.55. The van der Waals surface area contributed by atoms with Gasteiger partial charge in [0.2, 0.25) is 11.8 Å². The van der Waals surface area contributed by atoms with Crippen molar-refractivity contribution in [3.05, 3.63) is 47.5 Å². The Morgan fingerprint density at radius 3 is 2.67 bits per heavy atom. The molecule has 0 saturated carbocycles. The Bertz CT molecular complexity index is 847. The molecule has 0 aliphatic carbocycles. The van der Waals surface area contributed by atoms with Crippen molar-refractivity contribution in [2.24, 2.45) is 0 Å². The molecule has 8 heteroatoms. The average molecular weight is 373 g/mol. The van der Waals surface area contributed by atoms with Gasteiger partial charge < -0.3 is 14.7 Å². The number of nitrogens with one attached hydrogen (secondary N) is 1. The van der Waals surface area contributed by atoms with Gasteiger partial charge in [0.25, 0.3) is 0 Å². The Morgan fingerprint density at radius 2 is 2.00 bits per heavy atom. The van der Waals surface area contributed by atoms with E-state index in [1.54, 1.807) is 13.0 Å². The van der Waals surface area contributed by atoms with E-state index in [1.165, 1.54) is 29.2 Å². The lowest BCUT2D eigenvalue weighted by Gasteiger charge is -2.23. The number of rotatable bonds is 6. The van der Waals surface area contributed by atoms with Gasteiger partial charge in [-0.1, -0.05) is 5.16 Å². The van der Waals surface area contributed by atoms with Crippen molar-refractivity contribution < 1.29 is 23.3 Å². The number of aromatic nitrogens is 1. The van der Waals surface area contributed by atoms with E-state index in [4.69, 9.17) is 4.52 Å². The Morgan fingerprint density at radius 1 is 1.26 bits per heavy atom. The van der Waals surface area contributed by atoms with Crippen molar-refractivity contribution in [2.75, 3.05) is 11.9 Å². The van der Waals surface area contributed by atoms with Crippen LogP contribution < -0.4 is 5.32 Å². The van der Waals surface area contributed by atoms with Gasteiger partial charge in [0, 0.05) is 31.0 Å². The fourth-order valence-electron chi connectivity index (χ4n) is 3.12. The highest BCUT2D eigenvalue weighted by Crippen LogP contribution is 2.21. The summed E-state index contributed by atoms with van der Waals surface area (Å²) in [6.45, 7) is 2.19. The van der Waals surface area contributed by atoms with Crippen LogP contribution in [-0.4, -0.2) is 40.2 Å². The summed E-state index contributed by atoms with van der Waals surface area (Å²) in [6.07, 6.45) is 1.29. The number of nitrogens with zero attached hydrogens (tertiary/aromatic N) is 2. The molecule has 0 bridgehead atoms. The second-order valence-electron chi connectivity index (χ2n) is 6.49. The largest absolute Gasteiger partial charge is 0.360 e. The summed E-state index contributed by atoms with van der Waals surface area (Å²) in [6, 6.07) is 6.22. The van der Waals surface area contributed by atoms with Crippen LogP contribution in [0.15, 0.2) is 34.9 Å². The number of hydrogen-bond donors (Lipinski definition) is 1. The molecule has 1 aliphatic heterocycles. The number of hydrogen-bond acceptors (Lipinski definition) is 5. The molecule has 1 atom stereocenters. The van der Waals surface area contributed by atoms with Crippen molar-refractivity contribution in [3.8, 4) is 0 Å². The van der Waals surface area contributed by atoms with E-state index in [0.29, 0.717) is 36.5 Å². The van der Waals surface area contributed by atoms with Crippen LogP contribution in [0, 0.1) is 12.7 Å². The molecular formula is C19H20FN3O4. The highest BCUT2D eigenvalue weighted by Gasteiger charge is 2.34. The third kappa shape index (κ3) is 4.58. The van der Waals surface area contributed by atoms with Crippen molar-refractivity contribution in [2.45, 2.75) is 38.6 Å². The molecule has 2 amide bonds. The maximum absolute atomic E-state index is 12.9. The molecule has 1 N–H and O–H groups in total. The summed E-state index contributed by atoms with van der Waals surface area (Å²) >= 11 is 0. The van der Waals surface area contributed by atoms with E-state index in [9.17, 15) is 18.8 Å². The SMILES string of the molecule is Cc1cc(NC(=O)[C@@H]2CCCN2C(=O)CCC(=O)c2ccc(F)cc2)no1. The highest BCUT2D eigenvalue weighted by atomic mass is 19.1. The quantitative estimate of drug-likeness (QED) is 0.786. The second-order valence-corrected chi connectivity index (χ2v) is 6.49. The van der Waals surface area contributed by atoms with Crippen LogP contribution in [-0.2, 0) is 9.59 Å². The van der Waals surface area contributed by atoms with E-state index in [1.807, 2.05) is 0 Å². The number of Topliss-reactive ketones (excluding diaryl/α,β-unsaturated/α-hetero) is 1. The van der Waals surface area contributed by atoms with Crippen LogP contribution >= 0.6 is 0 Å². The summed E-state index contributed by atoms with van der Waals surface area (Å²) in [4.78, 5) is 38.6. The molecule has 1 aromatic heterocycles. The molecule has 142 valence electrons. The topological polar surface area (TPSA) is 92.5 Å². The summed E-state index contributed by atoms with van der Waals surface area (Å²) in [5, 5.41) is 6.36. The Kier molecular flexibility index (Phi) is 5.63. The van der Waals surface area contributed by atoms with Crippen LogP contribution in [0.2, 0.25) is 0 Å². The monoisotopic (exact) mass is 373 g/mol. The van der Waals surface area contributed by atoms with Crippen LogP contribution in [0.4, 0.5) is 10.2 Å². The van der Waals surface area contributed by atoms with Gasteiger partial charge in [0.15, 0.2) is 11.6 Å². The smallest absolute Gasteiger partial charge is 0.248 e. The molecule has 2 aromatic rings. The molecule has 0 radical (unpaired) electrons. The zero-order valence-electron chi connectivity index (χ0n) is 14.9. The number of carbonyl (C=O) groups is 3. The lowest BCUT2D eigenvalue weighted by Crippen LogP contribution is -2.43. The second kappa shape index (κ2) is 8.11. The van der Waals surface area contributed by atoms with Gasteiger partial charge in [0.05, 0.1) is 0 Å². The summed E-state index contributed by atoms with van der Waals surface area (Å²) in [5.74, 6) is -0.344. The minimum absolute atomic E-state index is 0.00303. The molecule has 3 rings (SSSR count). The first-order chi connectivity index (χ1) is 12.9. The van der Waals surface area contributed by atoms with Crippen molar-refractivity contribution in [1.82, 2.24) is 10.1 Å². The van der Waals surface area contributed by atoms with Crippen LogP contribution in [0.1, 0.15) is 41.8 Å². The molecule has 1 aromatic carbocycles. The predicted octanol–water partition coefficient (Wildman–Crippen LogP) is 2.71. The highest BCUT2D eigenvalue weighted by molar-refractivity contribution is 5.99. The first-order valence-electron chi connectivity index (χ1n) is 8.76. The molecule has 1 saturated heterocycles. The number of ketones is 1. The lowest BCUT2D eigenvalue weighted by molar-refractivity contribution is -0.136. The molecule has 27 heavy (non-hydrogen) atoms. The maximum Gasteiger partial charge on any atom is 0.248 e. The first kappa shape index (κ1) is 18.8. The van der Waals surface area contributed by atoms with Crippen molar-refractivity contribution in [1.29, 1.82) is 0 Å². The van der Waals surface area contributed by atoms with Gasteiger partial charge in [-0.15, -0.1) is 0 Å². The number of aryl methyl sites for hydroxylation is 1. The van der Waals surface area contributed by atoms with Crippen molar-refractivity contribution >= 4 is 23.4 Å². The van der Waals surface area contributed by atoms with Crippen LogP contribution in [0.5, 0.6) is 0 Å². The first-order valence-corrected chi connectivity index (χ1v) is 8.76. The molecule has 2 heterocycles. The molecule has 7 nitrogen and oxygen atoms in total. The third-order valence-electron chi connectivity index (χ3n) is 4.49. The van der Waals surface area contributed by atoms with E-state index >= 15 is 0 Å². The molecule has 1 aliphatic rings. The number of amides is 2. The Hall–Kier alpha value is -3.03. The number of benzene rings is 1. The van der Waals surface area contributed by atoms with E-state index < -0.39 is 11.9 Å².